The van der Waals surface area contributed by atoms with Gasteiger partial charge in [-0.05, 0) is 0 Å². The van der Waals surface area contributed by atoms with E-state index in [1.807, 2.05) is 0 Å². The summed E-state index contributed by atoms with van der Waals surface area (Å²) in [4.78, 5) is 0. The zero-order valence-corrected chi connectivity index (χ0v) is 22.0. The average Bonchev–Trinajstić information content (AvgIpc) is 3.03. The Kier molecular flexibility index (Phi) is 7.22. The monoisotopic (exact) mass is 515 g/mol. The molecule has 1 saturated heterocycles. The van der Waals surface area contributed by atoms with Crippen LogP contribution in [0.15, 0.2) is 60.7 Å². The molecular weight excluding hydrogens is 490 g/mol. The Morgan fingerprint density at radius 3 is 2.17 bits per heavy atom. The maximum Gasteiger partial charge on any atom is -1.00 e. The summed E-state index contributed by atoms with van der Waals surface area (Å²) in [5.74, 6) is 1.35. The van der Waals surface area contributed by atoms with Gasteiger partial charge in [0.05, 0.1) is 0 Å². The molecule has 2 aromatic carbocycles. The molecule has 0 radical (unpaired) electrons. The van der Waals surface area contributed by atoms with Gasteiger partial charge in [0, 0.05) is 0 Å². The standard InChI is InChI=1S/C25H27Si.2ClH.Zr/c1-26(2)24(25(26)23-17-16-20-9-4-6-12-22(20)23)13-7-10-19-15-14-18-8-3-5-11-21(18)19;;;/h3-6,8-9,11-17,19,23-25H,7,10H2,1-2H3;2*1H;/q;;;+2/p-2. The molecule has 2 aromatic rings. The van der Waals surface area contributed by atoms with Gasteiger partial charge >= 0.3 is 180 Å². The molecule has 29 heavy (non-hydrogen) atoms. The fourth-order valence-corrected chi connectivity index (χ4v) is 15.7. The van der Waals surface area contributed by atoms with Gasteiger partial charge in [-0.3, -0.25) is 0 Å². The summed E-state index contributed by atoms with van der Waals surface area (Å²) >= 11 is 1.77. The van der Waals surface area contributed by atoms with Crippen molar-refractivity contribution in [1.82, 2.24) is 0 Å². The Hall–Kier alpha value is -0.400. The van der Waals surface area contributed by atoms with Gasteiger partial charge in [0.25, 0.3) is 0 Å². The third kappa shape index (κ3) is 4.08. The van der Waals surface area contributed by atoms with Crippen LogP contribution in [0.25, 0.3) is 12.2 Å². The molecule has 5 rings (SSSR count). The maximum absolute atomic E-state index is 2.65. The number of hydrogen-bond acceptors (Lipinski definition) is 0. The molecule has 0 saturated carbocycles. The summed E-state index contributed by atoms with van der Waals surface area (Å²) in [5, 5.41) is 0. The molecular formula is C25H27Cl2SiZr. The molecule has 5 unspecified atom stereocenters. The van der Waals surface area contributed by atoms with Crippen LogP contribution in [0.3, 0.4) is 0 Å². The first kappa shape index (κ1) is 23.3. The van der Waals surface area contributed by atoms with Gasteiger partial charge in [0.15, 0.2) is 0 Å². The number of fused-ring (bicyclic) bond motifs is 2. The second kappa shape index (κ2) is 8.99. The zero-order chi connectivity index (χ0) is 18.6. The first-order valence-electron chi connectivity index (χ1n) is 10.3. The van der Waals surface area contributed by atoms with Crippen LogP contribution < -0.4 is 24.8 Å². The fraction of sp³-hybridized carbons (Fsp3) is 0.360. The molecule has 5 atom stereocenters. The number of rotatable bonds is 5. The van der Waals surface area contributed by atoms with Crippen LogP contribution in [-0.2, 0) is 24.7 Å². The average molecular weight is 518 g/mol. The third-order valence-electron chi connectivity index (χ3n) is 7.35. The second-order valence-corrected chi connectivity index (χ2v) is 16.0. The summed E-state index contributed by atoms with van der Waals surface area (Å²) < 4.78 is 0.936. The molecule has 0 amide bonds. The molecule has 1 aliphatic heterocycles. The van der Waals surface area contributed by atoms with Crippen molar-refractivity contribution < 1.29 is 49.5 Å². The van der Waals surface area contributed by atoms with E-state index in [-0.39, 0.29) is 24.8 Å². The summed E-state index contributed by atoms with van der Waals surface area (Å²) in [5.41, 5.74) is 8.02. The van der Waals surface area contributed by atoms with Crippen molar-refractivity contribution in [2.24, 2.45) is 0 Å². The van der Waals surface area contributed by atoms with Gasteiger partial charge in [-0.15, -0.1) is 0 Å². The minimum absolute atomic E-state index is 0. The normalized spacial score (nSPS) is 28.1. The van der Waals surface area contributed by atoms with E-state index in [0.717, 1.165) is 14.7 Å². The minimum Gasteiger partial charge on any atom is -1.00 e. The Morgan fingerprint density at radius 1 is 0.862 bits per heavy atom. The maximum atomic E-state index is 2.65. The smallest absolute Gasteiger partial charge is 1.00 e. The topological polar surface area (TPSA) is 0 Å². The predicted octanol–water partition coefficient (Wildman–Crippen LogP) is 1.19. The van der Waals surface area contributed by atoms with Gasteiger partial charge in [-0.2, -0.15) is 0 Å². The molecule has 2 aliphatic carbocycles. The Bertz CT molecular complexity index is 936. The molecule has 4 heteroatoms. The minimum atomic E-state index is -1.11. The summed E-state index contributed by atoms with van der Waals surface area (Å²) in [6.07, 6.45) is 12.4. The van der Waals surface area contributed by atoms with Crippen molar-refractivity contribution >= 4 is 20.2 Å². The fourth-order valence-electron chi connectivity index (χ4n) is 5.88. The van der Waals surface area contributed by atoms with Crippen LogP contribution in [0, 0.1) is 0 Å². The van der Waals surface area contributed by atoms with Crippen molar-refractivity contribution in [3.05, 3.63) is 82.9 Å². The SMILES string of the molecule is C[Si]1(C)C([CH]([Zr+2])CCC2C=Cc3ccccc32)C1C1C=Cc2ccccc21.[Cl-].[Cl-]. The Morgan fingerprint density at radius 2 is 1.45 bits per heavy atom. The van der Waals surface area contributed by atoms with Crippen molar-refractivity contribution in [3.8, 4) is 0 Å². The van der Waals surface area contributed by atoms with Gasteiger partial charge in [0.1, 0.15) is 0 Å². The molecule has 3 aliphatic rings. The number of halogens is 2. The molecule has 1 fully saturated rings. The van der Waals surface area contributed by atoms with Crippen LogP contribution >= 0.6 is 0 Å². The molecule has 0 spiro atoms. The van der Waals surface area contributed by atoms with Crippen LogP contribution in [0.1, 0.15) is 46.9 Å². The summed E-state index contributed by atoms with van der Waals surface area (Å²) in [6.45, 7) is 5.30. The number of allylic oxidation sites excluding steroid dienone is 2. The van der Waals surface area contributed by atoms with Crippen molar-refractivity contribution in [1.29, 1.82) is 0 Å². The van der Waals surface area contributed by atoms with E-state index in [0.29, 0.717) is 11.8 Å². The van der Waals surface area contributed by atoms with Crippen molar-refractivity contribution in [3.63, 3.8) is 0 Å². The van der Waals surface area contributed by atoms with Gasteiger partial charge in [0.2, 0.25) is 0 Å². The Balaban J connectivity index is 0.00000120. The summed E-state index contributed by atoms with van der Waals surface area (Å²) in [7, 11) is -1.11. The van der Waals surface area contributed by atoms with E-state index in [2.05, 4.69) is 85.9 Å². The first-order chi connectivity index (χ1) is 13.1. The van der Waals surface area contributed by atoms with E-state index >= 15 is 0 Å². The Labute approximate surface area is 203 Å². The molecule has 1 heterocycles. The largest absolute Gasteiger partial charge is 1.00 e. The van der Waals surface area contributed by atoms with Crippen molar-refractivity contribution in [2.45, 2.75) is 52.5 Å². The number of benzene rings is 2. The predicted molar refractivity (Wildman–Crippen MR) is 114 cm³/mol. The molecule has 0 bridgehead atoms. The van der Waals surface area contributed by atoms with Crippen LogP contribution in [0.5, 0.6) is 0 Å². The van der Waals surface area contributed by atoms with Crippen LogP contribution in [0.4, 0.5) is 0 Å². The molecule has 0 aromatic heterocycles. The van der Waals surface area contributed by atoms with Gasteiger partial charge < -0.3 is 24.8 Å². The molecule has 0 N–H and O–H groups in total. The molecule has 149 valence electrons. The first-order valence-corrected chi connectivity index (χ1v) is 14.9. The van der Waals surface area contributed by atoms with E-state index in [1.54, 1.807) is 35.8 Å². The third-order valence-corrected chi connectivity index (χ3v) is 14.3. The van der Waals surface area contributed by atoms with E-state index in [4.69, 9.17) is 0 Å². The second-order valence-electron chi connectivity index (χ2n) is 9.17. The number of hydrogen-bond donors (Lipinski definition) is 0. The van der Waals surface area contributed by atoms with Crippen LogP contribution in [-0.4, -0.2) is 8.07 Å². The zero-order valence-electron chi connectivity index (χ0n) is 17.0. The van der Waals surface area contributed by atoms with E-state index in [1.165, 1.54) is 24.0 Å². The van der Waals surface area contributed by atoms with Crippen LogP contribution in [0.2, 0.25) is 27.8 Å². The van der Waals surface area contributed by atoms with Gasteiger partial charge in [-0.1, -0.05) is 0 Å². The quantitative estimate of drug-likeness (QED) is 0.523. The van der Waals surface area contributed by atoms with E-state index < -0.39 is 8.07 Å². The molecule has 0 nitrogen and oxygen atoms in total. The van der Waals surface area contributed by atoms with E-state index in [9.17, 15) is 0 Å². The van der Waals surface area contributed by atoms with Gasteiger partial charge in [-0.25, -0.2) is 0 Å². The van der Waals surface area contributed by atoms with Crippen molar-refractivity contribution in [2.75, 3.05) is 0 Å². The summed E-state index contributed by atoms with van der Waals surface area (Å²) in [6, 6.07) is 18.0.